The Labute approximate surface area is 184 Å². The minimum atomic E-state index is -0.126. The number of anilines is 1. The molecule has 4 aromatic rings. The van der Waals surface area contributed by atoms with E-state index in [9.17, 15) is 4.79 Å². The average Bonchev–Trinajstić information content (AvgIpc) is 3.23. The molecule has 0 fully saturated rings. The molecule has 0 unspecified atom stereocenters. The van der Waals surface area contributed by atoms with Gasteiger partial charge in [-0.15, -0.1) is 10.2 Å². The number of pyridine rings is 1. The van der Waals surface area contributed by atoms with Crippen LogP contribution in [0.3, 0.4) is 0 Å². The van der Waals surface area contributed by atoms with Crippen LogP contribution in [0.15, 0.2) is 78.2 Å². The van der Waals surface area contributed by atoms with E-state index in [1.807, 2.05) is 41.8 Å². The number of carbonyl (C=O) groups is 1. The molecule has 0 aliphatic rings. The van der Waals surface area contributed by atoms with Gasteiger partial charge in [-0.25, -0.2) is 0 Å². The summed E-state index contributed by atoms with van der Waals surface area (Å²) < 4.78 is 7.11. The van der Waals surface area contributed by atoms with Gasteiger partial charge in [0.15, 0.2) is 11.0 Å². The minimum Gasteiger partial charge on any atom is -0.497 e. The molecular formula is C23H21N5O2S. The van der Waals surface area contributed by atoms with Gasteiger partial charge in [0.05, 0.1) is 12.9 Å². The molecule has 0 atom stereocenters. The molecule has 156 valence electrons. The molecule has 7 nitrogen and oxygen atoms in total. The molecular weight excluding hydrogens is 410 g/mol. The molecule has 0 aliphatic carbocycles. The van der Waals surface area contributed by atoms with Crippen LogP contribution in [0.4, 0.5) is 5.69 Å². The quantitative estimate of drug-likeness (QED) is 0.438. The van der Waals surface area contributed by atoms with Gasteiger partial charge < -0.3 is 10.1 Å². The number of ether oxygens (including phenoxy) is 1. The zero-order valence-corrected chi connectivity index (χ0v) is 18.0. The fourth-order valence-corrected chi connectivity index (χ4v) is 3.80. The highest BCUT2D eigenvalue weighted by molar-refractivity contribution is 7.99. The van der Waals surface area contributed by atoms with Gasteiger partial charge in [-0.2, -0.15) is 0 Å². The van der Waals surface area contributed by atoms with Crippen LogP contribution in [0.5, 0.6) is 5.75 Å². The van der Waals surface area contributed by atoms with Crippen LogP contribution in [0.25, 0.3) is 17.1 Å². The van der Waals surface area contributed by atoms with E-state index in [1.165, 1.54) is 11.8 Å². The van der Waals surface area contributed by atoms with Crippen molar-refractivity contribution in [2.75, 3.05) is 18.2 Å². The van der Waals surface area contributed by atoms with Gasteiger partial charge in [-0.3, -0.25) is 14.3 Å². The molecule has 31 heavy (non-hydrogen) atoms. The lowest BCUT2D eigenvalue weighted by atomic mass is 10.2. The lowest BCUT2D eigenvalue weighted by Gasteiger charge is -2.11. The standard InChI is InChI=1S/C23H21N5O2S/c1-16-4-3-5-19(14-16)28-22(17-10-12-24-13-11-17)26-27-23(28)31-15-21(29)25-18-6-8-20(30-2)9-7-18/h3-14H,15H2,1-2H3,(H,25,29). The molecule has 0 radical (unpaired) electrons. The molecule has 8 heteroatoms. The average molecular weight is 432 g/mol. The molecule has 0 spiro atoms. The number of rotatable bonds is 7. The molecule has 0 saturated heterocycles. The van der Waals surface area contributed by atoms with Crippen molar-refractivity contribution in [3.8, 4) is 22.8 Å². The van der Waals surface area contributed by atoms with Crippen LogP contribution in [-0.2, 0) is 4.79 Å². The van der Waals surface area contributed by atoms with E-state index in [0.29, 0.717) is 16.7 Å². The Morgan fingerprint density at radius 2 is 1.84 bits per heavy atom. The predicted octanol–water partition coefficient (Wildman–Crippen LogP) is 4.38. The number of nitrogens with zero attached hydrogens (tertiary/aromatic N) is 4. The summed E-state index contributed by atoms with van der Waals surface area (Å²) in [5.74, 6) is 1.51. The van der Waals surface area contributed by atoms with E-state index in [-0.39, 0.29) is 11.7 Å². The smallest absolute Gasteiger partial charge is 0.234 e. The van der Waals surface area contributed by atoms with E-state index in [2.05, 4.69) is 26.6 Å². The first-order valence-corrected chi connectivity index (χ1v) is 10.6. The summed E-state index contributed by atoms with van der Waals surface area (Å²) in [5.41, 5.74) is 3.68. The Kier molecular flexibility index (Phi) is 6.28. The Hall–Kier alpha value is -3.65. The summed E-state index contributed by atoms with van der Waals surface area (Å²) >= 11 is 1.34. The Bertz CT molecular complexity index is 1180. The van der Waals surface area contributed by atoms with Gasteiger partial charge in [-0.05, 0) is 61.0 Å². The van der Waals surface area contributed by atoms with Gasteiger partial charge in [0.2, 0.25) is 5.91 Å². The summed E-state index contributed by atoms with van der Waals surface area (Å²) in [5, 5.41) is 12.3. The topological polar surface area (TPSA) is 81.9 Å². The van der Waals surface area contributed by atoms with Crippen molar-refractivity contribution in [3.05, 3.63) is 78.6 Å². The SMILES string of the molecule is COc1ccc(NC(=O)CSc2nnc(-c3ccncc3)n2-c2cccc(C)c2)cc1. The van der Waals surface area contributed by atoms with Gasteiger partial charge in [-0.1, -0.05) is 23.9 Å². The maximum Gasteiger partial charge on any atom is 0.234 e. The number of methoxy groups -OCH3 is 1. The number of aromatic nitrogens is 4. The number of benzene rings is 2. The van der Waals surface area contributed by atoms with E-state index < -0.39 is 0 Å². The van der Waals surface area contributed by atoms with Gasteiger partial charge in [0.25, 0.3) is 0 Å². The van der Waals surface area contributed by atoms with Gasteiger partial charge in [0, 0.05) is 29.3 Å². The van der Waals surface area contributed by atoms with Crippen molar-refractivity contribution in [1.82, 2.24) is 19.7 Å². The predicted molar refractivity (Wildman–Crippen MR) is 122 cm³/mol. The van der Waals surface area contributed by atoms with E-state index in [1.54, 1.807) is 43.8 Å². The molecule has 2 aromatic carbocycles. The van der Waals surface area contributed by atoms with Gasteiger partial charge in [0.1, 0.15) is 5.75 Å². The van der Waals surface area contributed by atoms with Gasteiger partial charge >= 0.3 is 0 Å². The van der Waals surface area contributed by atoms with Crippen LogP contribution in [0.2, 0.25) is 0 Å². The molecule has 4 rings (SSSR count). The maximum atomic E-state index is 12.5. The number of carbonyl (C=O) groups excluding carboxylic acids is 1. The third kappa shape index (κ3) is 4.92. The minimum absolute atomic E-state index is 0.126. The lowest BCUT2D eigenvalue weighted by Crippen LogP contribution is -2.14. The Balaban J connectivity index is 1.56. The molecule has 2 heterocycles. The van der Waals surface area contributed by atoms with Crippen LogP contribution < -0.4 is 10.1 Å². The Morgan fingerprint density at radius 1 is 1.06 bits per heavy atom. The van der Waals surface area contributed by atoms with E-state index in [4.69, 9.17) is 4.74 Å². The summed E-state index contributed by atoms with van der Waals surface area (Å²) in [4.78, 5) is 16.6. The van der Waals surface area contributed by atoms with E-state index in [0.717, 1.165) is 22.6 Å². The zero-order chi connectivity index (χ0) is 21.6. The van der Waals surface area contributed by atoms with Crippen LogP contribution >= 0.6 is 11.8 Å². The number of aryl methyl sites for hydroxylation is 1. The molecule has 2 aromatic heterocycles. The number of hydrogen-bond donors (Lipinski definition) is 1. The largest absolute Gasteiger partial charge is 0.497 e. The third-order valence-electron chi connectivity index (χ3n) is 4.54. The normalized spacial score (nSPS) is 10.6. The summed E-state index contributed by atoms with van der Waals surface area (Å²) in [6.07, 6.45) is 3.44. The fourth-order valence-electron chi connectivity index (χ4n) is 3.05. The molecule has 0 bridgehead atoms. The molecule has 1 amide bonds. The van der Waals surface area contributed by atoms with Crippen molar-refractivity contribution in [3.63, 3.8) is 0 Å². The van der Waals surface area contributed by atoms with Crippen molar-refractivity contribution in [2.45, 2.75) is 12.1 Å². The van der Waals surface area contributed by atoms with Crippen molar-refractivity contribution in [2.24, 2.45) is 0 Å². The van der Waals surface area contributed by atoms with Crippen molar-refractivity contribution < 1.29 is 9.53 Å². The summed E-state index contributed by atoms with van der Waals surface area (Å²) in [7, 11) is 1.61. The summed E-state index contributed by atoms with van der Waals surface area (Å²) in [6.45, 7) is 2.04. The fraction of sp³-hybridized carbons (Fsp3) is 0.130. The van der Waals surface area contributed by atoms with Crippen LogP contribution in [0.1, 0.15) is 5.56 Å². The molecule has 0 aliphatic heterocycles. The number of thioether (sulfide) groups is 1. The second-order valence-corrected chi connectivity index (χ2v) is 7.72. The second-order valence-electron chi connectivity index (χ2n) is 6.78. The highest BCUT2D eigenvalue weighted by Crippen LogP contribution is 2.28. The number of hydrogen-bond acceptors (Lipinski definition) is 6. The zero-order valence-electron chi connectivity index (χ0n) is 17.1. The molecule has 0 saturated carbocycles. The highest BCUT2D eigenvalue weighted by atomic mass is 32.2. The summed E-state index contributed by atoms with van der Waals surface area (Å²) in [6, 6.07) is 19.1. The van der Waals surface area contributed by atoms with Crippen molar-refractivity contribution >= 4 is 23.4 Å². The number of amides is 1. The first kappa shape index (κ1) is 20.6. The first-order valence-electron chi connectivity index (χ1n) is 9.63. The van der Waals surface area contributed by atoms with Crippen LogP contribution in [-0.4, -0.2) is 38.5 Å². The van der Waals surface area contributed by atoms with E-state index >= 15 is 0 Å². The number of nitrogens with one attached hydrogen (secondary N) is 1. The third-order valence-corrected chi connectivity index (χ3v) is 5.47. The first-order chi connectivity index (χ1) is 15.1. The van der Waals surface area contributed by atoms with Crippen molar-refractivity contribution in [1.29, 1.82) is 0 Å². The highest BCUT2D eigenvalue weighted by Gasteiger charge is 2.17. The lowest BCUT2D eigenvalue weighted by molar-refractivity contribution is -0.113. The Morgan fingerprint density at radius 3 is 2.55 bits per heavy atom. The monoisotopic (exact) mass is 431 g/mol. The second kappa shape index (κ2) is 9.44. The maximum absolute atomic E-state index is 12.5. The van der Waals surface area contributed by atoms with Crippen LogP contribution in [0, 0.1) is 6.92 Å². The molecule has 1 N–H and O–H groups in total.